The number of hydrogen-bond acceptors (Lipinski definition) is 4. The number of carbonyl (C=O) groups excluding carboxylic acids is 1. The van der Waals surface area contributed by atoms with E-state index in [1.165, 1.54) is 29.5 Å². The molecule has 0 saturated heterocycles. The Kier molecular flexibility index (Phi) is 5.06. The van der Waals surface area contributed by atoms with Crippen molar-refractivity contribution in [3.63, 3.8) is 0 Å². The predicted octanol–water partition coefficient (Wildman–Crippen LogP) is 5.36. The zero-order chi connectivity index (χ0) is 19.7. The maximum Gasteiger partial charge on any atom is 0.258 e. The number of nitrogens with one attached hydrogen (secondary N) is 1. The number of amides is 1. The monoisotopic (exact) mass is 456 g/mol. The van der Waals surface area contributed by atoms with E-state index in [-0.39, 0.29) is 5.56 Å². The van der Waals surface area contributed by atoms with Crippen molar-refractivity contribution in [3.8, 4) is 22.0 Å². The summed E-state index contributed by atoms with van der Waals surface area (Å²) in [5.41, 5.74) is 1.85. The summed E-state index contributed by atoms with van der Waals surface area (Å²) in [6.45, 7) is 0. The van der Waals surface area contributed by atoms with Crippen molar-refractivity contribution in [2.75, 3.05) is 5.32 Å². The number of nitrogens with zero attached hydrogens (tertiary/aromatic N) is 3. The van der Waals surface area contributed by atoms with Gasteiger partial charge in [-0.1, -0.05) is 41.7 Å². The normalized spacial score (nSPS) is 10.8. The average Bonchev–Trinajstić information content (AvgIpc) is 3.30. The van der Waals surface area contributed by atoms with Gasteiger partial charge in [0.05, 0.1) is 16.1 Å². The lowest BCUT2D eigenvalue weighted by atomic mass is 10.1. The van der Waals surface area contributed by atoms with Gasteiger partial charge in [0.2, 0.25) is 0 Å². The van der Waals surface area contributed by atoms with Gasteiger partial charge in [-0.25, -0.2) is 14.4 Å². The van der Waals surface area contributed by atoms with Gasteiger partial charge < -0.3 is 4.57 Å². The second kappa shape index (κ2) is 7.65. The molecule has 0 unspecified atom stereocenters. The zero-order valence-electron chi connectivity index (χ0n) is 14.7. The Morgan fingerprint density at radius 2 is 2.00 bits per heavy atom. The standard InChI is InChI=1S/C20H14BrFN4OS/c1-26-10-9-23-18(26)17-16(12-5-3-2-4-6-12)24-20(28-17)25-19(27)14-11-13(22)7-8-15(14)21/h2-11H,1H3,(H,24,25,27). The molecule has 2 aromatic carbocycles. The molecule has 1 amide bonds. The van der Waals surface area contributed by atoms with Crippen molar-refractivity contribution in [2.24, 2.45) is 7.05 Å². The molecule has 2 heterocycles. The maximum atomic E-state index is 13.5. The van der Waals surface area contributed by atoms with E-state index in [1.807, 2.05) is 48.1 Å². The molecule has 28 heavy (non-hydrogen) atoms. The lowest BCUT2D eigenvalue weighted by molar-refractivity contribution is 0.102. The average molecular weight is 457 g/mol. The Morgan fingerprint density at radius 1 is 1.21 bits per heavy atom. The Labute approximate surface area is 173 Å². The van der Waals surface area contributed by atoms with Gasteiger partial charge >= 0.3 is 0 Å². The molecule has 4 aromatic rings. The highest BCUT2D eigenvalue weighted by Gasteiger charge is 2.20. The van der Waals surface area contributed by atoms with Gasteiger partial charge in [0, 0.05) is 29.5 Å². The van der Waals surface area contributed by atoms with Crippen molar-refractivity contribution in [1.82, 2.24) is 14.5 Å². The Morgan fingerprint density at radius 3 is 2.71 bits per heavy atom. The van der Waals surface area contributed by atoms with E-state index in [2.05, 4.69) is 31.2 Å². The molecular weight excluding hydrogens is 443 g/mol. The second-order valence-corrected chi connectivity index (χ2v) is 7.86. The van der Waals surface area contributed by atoms with Crippen molar-refractivity contribution in [1.29, 1.82) is 0 Å². The van der Waals surface area contributed by atoms with E-state index in [0.717, 1.165) is 22.0 Å². The molecule has 0 aliphatic heterocycles. The molecule has 0 atom stereocenters. The first-order chi connectivity index (χ1) is 13.5. The molecule has 1 N–H and O–H groups in total. The van der Waals surface area contributed by atoms with Crippen LogP contribution in [-0.2, 0) is 7.05 Å². The molecule has 2 aromatic heterocycles. The third kappa shape index (κ3) is 3.61. The third-order valence-corrected chi connectivity index (χ3v) is 5.75. The number of aromatic nitrogens is 3. The van der Waals surface area contributed by atoms with E-state index in [4.69, 9.17) is 0 Å². The fourth-order valence-corrected chi connectivity index (χ4v) is 4.19. The first kappa shape index (κ1) is 18.5. The predicted molar refractivity (Wildman–Crippen MR) is 112 cm³/mol. The number of hydrogen-bond donors (Lipinski definition) is 1. The number of imidazole rings is 1. The molecule has 5 nitrogen and oxygen atoms in total. The highest BCUT2D eigenvalue weighted by atomic mass is 79.9. The van der Waals surface area contributed by atoms with E-state index < -0.39 is 11.7 Å². The Hall–Kier alpha value is -2.84. The SMILES string of the molecule is Cn1ccnc1-c1sc(NC(=O)c2cc(F)ccc2Br)nc1-c1ccccc1. The number of aryl methyl sites for hydroxylation is 1. The Bertz CT molecular complexity index is 1160. The highest BCUT2D eigenvalue weighted by molar-refractivity contribution is 9.10. The summed E-state index contributed by atoms with van der Waals surface area (Å²) in [6, 6.07) is 13.7. The van der Waals surface area contributed by atoms with Crippen molar-refractivity contribution < 1.29 is 9.18 Å². The van der Waals surface area contributed by atoms with Crippen LogP contribution >= 0.6 is 27.3 Å². The molecule has 0 aliphatic carbocycles. The summed E-state index contributed by atoms with van der Waals surface area (Å²) < 4.78 is 15.9. The second-order valence-electron chi connectivity index (χ2n) is 6.00. The molecule has 4 rings (SSSR count). The van der Waals surface area contributed by atoms with E-state index >= 15 is 0 Å². The summed E-state index contributed by atoms with van der Waals surface area (Å²) in [4.78, 5) is 22.5. The Balaban J connectivity index is 1.75. The van der Waals surface area contributed by atoms with Crippen LogP contribution in [0.2, 0.25) is 0 Å². The summed E-state index contributed by atoms with van der Waals surface area (Å²) >= 11 is 4.61. The van der Waals surface area contributed by atoms with Crippen molar-refractivity contribution in [2.45, 2.75) is 0 Å². The minimum atomic E-state index is -0.480. The van der Waals surface area contributed by atoms with Gasteiger partial charge in [0.1, 0.15) is 5.82 Å². The van der Waals surface area contributed by atoms with Crippen LogP contribution in [0.1, 0.15) is 10.4 Å². The third-order valence-electron chi connectivity index (χ3n) is 4.09. The molecule has 140 valence electrons. The molecule has 0 fully saturated rings. The maximum absolute atomic E-state index is 13.5. The van der Waals surface area contributed by atoms with Crippen LogP contribution in [-0.4, -0.2) is 20.4 Å². The van der Waals surface area contributed by atoms with Crippen LogP contribution < -0.4 is 5.32 Å². The molecule has 0 saturated carbocycles. The minimum Gasteiger partial charge on any atom is -0.333 e. The largest absolute Gasteiger partial charge is 0.333 e. The molecule has 0 aliphatic rings. The molecule has 0 bridgehead atoms. The van der Waals surface area contributed by atoms with E-state index in [1.54, 1.807) is 6.20 Å². The molecule has 0 radical (unpaired) electrons. The first-order valence-electron chi connectivity index (χ1n) is 8.33. The number of benzene rings is 2. The van der Waals surface area contributed by atoms with Crippen LogP contribution in [0.5, 0.6) is 0 Å². The molecular formula is C20H14BrFN4OS. The summed E-state index contributed by atoms with van der Waals surface area (Å²) in [5, 5.41) is 3.19. The highest BCUT2D eigenvalue weighted by Crippen LogP contribution is 2.38. The van der Waals surface area contributed by atoms with E-state index in [9.17, 15) is 9.18 Å². The van der Waals surface area contributed by atoms with Gasteiger partial charge in [-0.15, -0.1) is 0 Å². The molecule has 0 spiro atoms. The lowest BCUT2D eigenvalue weighted by Gasteiger charge is -2.04. The van der Waals surface area contributed by atoms with Gasteiger partial charge in [-0.3, -0.25) is 10.1 Å². The fourth-order valence-electron chi connectivity index (χ4n) is 2.74. The number of halogens is 2. The van der Waals surface area contributed by atoms with Gasteiger partial charge in [-0.05, 0) is 34.1 Å². The van der Waals surface area contributed by atoms with Crippen LogP contribution in [0.25, 0.3) is 22.0 Å². The number of carbonyl (C=O) groups is 1. The number of thiazole rings is 1. The molecule has 8 heteroatoms. The lowest BCUT2D eigenvalue weighted by Crippen LogP contribution is -2.12. The van der Waals surface area contributed by atoms with Crippen LogP contribution in [0.15, 0.2) is 65.4 Å². The number of anilines is 1. The van der Waals surface area contributed by atoms with Crippen LogP contribution in [0.3, 0.4) is 0 Å². The first-order valence-corrected chi connectivity index (χ1v) is 9.94. The van der Waals surface area contributed by atoms with Crippen LogP contribution in [0, 0.1) is 5.82 Å². The van der Waals surface area contributed by atoms with E-state index in [0.29, 0.717) is 9.60 Å². The topological polar surface area (TPSA) is 59.8 Å². The summed E-state index contributed by atoms with van der Waals surface area (Å²) in [6.07, 6.45) is 3.57. The van der Waals surface area contributed by atoms with Gasteiger partial charge in [0.15, 0.2) is 11.0 Å². The zero-order valence-corrected chi connectivity index (χ0v) is 17.1. The van der Waals surface area contributed by atoms with Gasteiger partial charge in [-0.2, -0.15) is 0 Å². The summed E-state index contributed by atoms with van der Waals surface area (Å²) in [7, 11) is 1.90. The fraction of sp³-hybridized carbons (Fsp3) is 0.0500. The van der Waals surface area contributed by atoms with Crippen molar-refractivity contribution >= 4 is 38.3 Å². The van der Waals surface area contributed by atoms with Crippen molar-refractivity contribution in [3.05, 3.63) is 76.8 Å². The minimum absolute atomic E-state index is 0.204. The smallest absolute Gasteiger partial charge is 0.258 e. The quantitative estimate of drug-likeness (QED) is 0.449. The van der Waals surface area contributed by atoms with Gasteiger partial charge in [0.25, 0.3) is 5.91 Å². The number of rotatable bonds is 4. The summed E-state index contributed by atoms with van der Waals surface area (Å²) in [5.74, 6) is -0.166. The van der Waals surface area contributed by atoms with Crippen LogP contribution in [0.4, 0.5) is 9.52 Å².